The Bertz CT molecular complexity index is 1700. The Labute approximate surface area is 270 Å². The number of benzene rings is 2. The molecule has 1 fully saturated rings. The van der Waals surface area contributed by atoms with Gasteiger partial charge in [0.2, 0.25) is 5.95 Å². The van der Waals surface area contributed by atoms with Gasteiger partial charge in [-0.1, -0.05) is 34.7 Å². The van der Waals surface area contributed by atoms with E-state index in [1.807, 2.05) is 19.9 Å². The van der Waals surface area contributed by atoms with Crippen molar-refractivity contribution in [3.05, 3.63) is 59.3 Å². The molecule has 1 amide bonds. The molecule has 0 saturated carbocycles. The number of hydrogen-bond donors (Lipinski definition) is 4. The van der Waals surface area contributed by atoms with Crippen molar-refractivity contribution in [1.82, 2.24) is 20.2 Å². The Morgan fingerprint density at radius 2 is 1.93 bits per heavy atom. The zero-order valence-corrected chi connectivity index (χ0v) is 27.8. The Morgan fingerprint density at radius 1 is 1.18 bits per heavy atom. The summed E-state index contributed by atoms with van der Waals surface area (Å²) in [5, 5.41) is 18.2. The molecule has 44 heavy (non-hydrogen) atoms. The van der Waals surface area contributed by atoms with Crippen LogP contribution in [0, 0.1) is 0 Å². The smallest absolute Gasteiger partial charge is 0.320 e. The first kappa shape index (κ1) is 31.9. The van der Waals surface area contributed by atoms with Gasteiger partial charge in [0.05, 0.1) is 27.6 Å². The van der Waals surface area contributed by atoms with Gasteiger partial charge < -0.3 is 30.7 Å². The average Bonchev–Trinajstić information content (AvgIpc) is 3.58. The minimum absolute atomic E-state index is 0.156. The topological polar surface area (TPSA) is 163 Å². The van der Waals surface area contributed by atoms with Gasteiger partial charge in [0.1, 0.15) is 17.6 Å². The number of aromatic nitrogens is 2. The van der Waals surface area contributed by atoms with E-state index in [4.69, 9.17) is 9.72 Å². The third-order valence-corrected chi connectivity index (χ3v) is 10.6. The molecule has 0 unspecified atom stereocenters. The number of nitrogens with one attached hydrogen (secondary N) is 3. The van der Waals surface area contributed by atoms with E-state index in [1.165, 1.54) is 0 Å². The standard InChI is InChI=1S/C30H35IN6O6S/c1-16(2)43-25-9-18-15-37(20-10-24(29(39)40)32-14-20)28(38)21(18)11-23(25)35-30-33-13-19(12-31)27(36-30)34-22-7-5-6-8-26(22)44(41,42)17(3)4/h5-9,11,13,16-17,20,24,32H,10,12,14-15H2,1-4H3,(H,39,40)(H2,33,34,35,36)/t20-,24-/m0/s1. The van der Waals surface area contributed by atoms with Gasteiger partial charge in [-0.15, -0.1) is 0 Å². The molecule has 14 heteroatoms. The van der Waals surface area contributed by atoms with Gasteiger partial charge in [-0.05, 0) is 63.9 Å². The number of carboxylic acid groups (broad SMARTS) is 1. The second kappa shape index (κ2) is 12.9. The number of anilines is 4. The second-order valence-corrected chi connectivity index (χ2v) is 14.6. The molecule has 5 rings (SSSR count). The molecule has 0 bridgehead atoms. The van der Waals surface area contributed by atoms with Crippen molar-refractivity contribution in [2.24, 2.45) is 0 Å². The van der Waals surface area contributed by atoms with Crippen LogP contribution in [0.1, 0.15) is 55.6 Å². The van der Waals surface area contributed by atoms with Gasteiger partial charge >= 0.3 is 5.97 Å². The number of carbonyl (C=O) groups is 2. The van der Waals surface area contributed by atoms with Crippen LogP contribution in [-0.4, -0.2) is 70.3 Å². The highest BCUT2D eigenvalue weighted by molar-refractivity contribution is 14.1. The number of fused-ring (bicyclic) bond motifs is 1. The quantitative estimate of drug-likeness (QED) is 0.160. The van der Waals surface area contributed by atoms with E-state index in [9.17, 15) is 23.1 Å². The van der Waals surface area contributed by atoms with Crippen LogP contribution in [-0.2, 0) is 25.6 Å². The van der Waals surface area contributed by atoms with Crippen molar-refractivity contribution < 1.29 is 27.9 Å². The molecule has 3 heterocycles. The molecule has 2 aromatic carbocycles. The molecule has 4 N–H and O–H groups in total. The minimum atomic E-state index is -3.56. The zero-order chi connectivity index (χ0) is 31.8. The zero-order valence-electron chi connectivity index (χ0n) is 24.8. The Kier molecular flexibility index (Phi) is 9.32. The summed E-state index contributed by atoms with van der Waals surface area (Å²) >= 11 is 2.20. The summed E-state index contributed by atoms with van der Waals surface area (Å²) in [6, 6.07) is 9.36. The number of rotatable bonds is 11. The summed E-state index contributed by atoms with van der Waals surface area (Å²) in [6.45, 7) is 7.86. The number of carboxylic acids is 1. The number of hydrogen-bond acceptors (Lipinski definition) is 10. The molecule has 12 nitrogen and oxygen atoms in total. The van der Waals surface area contributed by atoms with Crippen molar-refractivity contribution in [2.75, 3.05) is 17.2 Å². The highest BCUT2D eigenvalue weighted by Gasteiger charge is 2.39. The molecule has 1 saturated heterocycles. The van der Waals surface area contributed by atoms with Gasteiger partial charge in [0.15, 0.2) is 9.84 Å². The molecular weight excluding hydrogens is 699 g/mol. The number of carbonyl (C=O) groups excluding carboxylic acids is 1. The first-order valence-corrected chi connectivity index (χ1v) is 17.4. The van der Waals surface area contributed by atoms with E-state index in [0.717, 1.165) is 11.1 Å². The second-order valence-electron chi connectivity index (χ2n) is 11.3. The fourth-order valence-electron chi connectivity index (χ4n) is 5.24. The fourth-order valence-corrected chi connectivity index (χ4v) is 7.00. The van der Waals surface area contributed by atoms with E-state index in [-0.39, 0.29) is 28.9 Å². The Balaban J connectivity index is 1.46. The molecule has 2 aliphatic rings. The average molecular weight is 735 g/mol. The molecule has 0 spiro atoms. The largest absolute Gasteiger partial charge is 0.489 e. The van der Waals surface area contributed by atoms with Crippen LogP contribution >= 0.6 is 22.6 Å². The summed E-state index contributed by atoms with van der Waals surface area (Å²) in [4.78, 5) is 36.0. The van der Waals surface area contributed by atoms with Crippen LogP contribution in [0.5, 0.6) is 5.75 Å². The van der Waals surface area contributed by atoms with Crippen LogP contribution in [0.3, 0.4) is 0 Å². The maximum absolute atomic E-state index is 13.5. The van der Waals surface area contributed by atoms with Gasteiger partial charge in [-0.25, -0.2) is 13.4 Å². The number of halogens is 1. The number of ether oxygens (including phenoxy) is 1. The predicted octanol–water partition coefficient (Wildman–Crippen LogP) is 4.64. The fraction of sp³-hybridized carbons (Fsp3) is 0.400. The predicted molar refractivity (Wildman–Crippen MR) is 175 cm³/mol. The highest BCUT2D eigenvalue weighted by Crippen LogP contribution is 2.37. The number of sulfone groups is 1. The summed E-state index contributed by atoms with van der Waals surface area (Å²) in [5.41, 5.74) is 2.97. The van der Waals surface area contributed by atoms with Crippen LogP contribution in [0.2, 0.25) is 0 Å². The maximum Gasteiger partial charge on any atom is 0.320 e. The van der Waals surface area contributed by atoms with Gasteiger partial charge in [0.25, 0.3) is 5.91 Å². The minimum Gasteiger partial charge on any atom is -0.489 e. The molecule has 234 valence electrons. The lowest BCUT2D eigenvalue weighted by molar-refractivity contribution is -0.139. The Hall–Kier alpha value is -3.50. The number of alkyl halides is 1. The summed E-state index contributed by atoms with van der Waals surface area (Å²) < 4.78 is 32.8. The molecule has 3 aromatic rings. The highest BCUT2D eigenvalue weighted by atomic mass is 127. The first-order valence-electron chi connectivity index (χ1n) is 14.3. The molecule has 0 radical (unpaired) electrons. The molecule has 1 aromatic heterocycles. The van der Waals surface area contributed by atoms with Crippen LogP contribution in [0.15, 0.2) is 47.5 Å². The lowest BCUT2D eigenvalue weighted by atomic mass is 10.1. The number of amides is 1. The normalized spacial score (nSPS) is 18.2. The van der Waals surface area contributed by atoms with E-state index < -0.39 is 27.1 Å². The van der Waals surface area contributed by atoms with Crippen LogP contribution < -0.4 is 20.7 Å². The number of para-hydroxylation sites is 1. The summed E-state index contributed by atoms with van der Waals surface area (Å²) in [5.74, 6) is 0.0859. The molecule has 2 aliphatic heterocycles. The molecule has 0 aliphatic carbocycles. The molecule has 2 atom stereocenters. The van der Waals surface area contributed by atoms with Crippen molar-refractivity contribution in [1.29, 1.82) is 0 Å². The molecular formula is C30H35IN6O6S. The van der Waals surface area contributed by atoms with Gasteiger partial charge in [0, 0.05) is 40.9 Å². The first-order chi connectivity index (χ1) is 20.9. The van der Waals surface area contributed by atoms with Crippen molar-refractivity contribution in [3.63, 3.8) is 0 Å². The number of aliphatic carboxylic acids is 1. The van der Waals surface area contributed by atoms with E-state index >= 15 is 0 Å². The lowest BCUT2D eigenvalue weighted by Crippen LogP contribution is -2.36. The number of nitrogens with zero attached hydrogens (tertiary/aromatic N) is 3. The van der Waals surface area contributed by atoms with E-state index in [2.05, 4.69) is 43.5 Å². The third kappa shape index (κ3) is 6.47. The third-order valence-electron chi connectivity index (χ3n) is 7.57. The Morgan fingerprint density at radius 3 is 2.59 bits per heavy atom. The SMILES string of the molecule is CC(C)Oc1cc2c(cc1Nc1ncc(CI)c(Nc3ccccc3S(=O)(=O)C(C)C)n1)C(=O)N([C@@H]1CN[C@H](C(=O)O)C1)C2. The summed E-state index contributed by atoms with van der Waals surface area (Å²) in [6.07, 6.45) is 1.85. The van der Waals surface area contributed by atoms with Crippen LogP contribution in [0.25, 0.3) is 0 Å². The van der Waals surface area contributed by atoms with Crippen molar-refractivity contribution in [2.45, 2.75) is 73.4 Å². The lowest BCUT2D eigenvalue weighted by Gasteiger charge is -2.22. The maximum atomic E-state index is 13.5. The van der Waals surface area contributed by atoms with Crippen LogP contribution in [0.4, 0.5) is 23.1 Å². The van der Waals surface area contributed by atoms with E-state index in [0.29, 0.717) is 52.4 Å². The monoisotopic (exact) mass is 734 g/mol. The van der Waals surface area contributed by atoms with E-state index in [1.54, 1.807) is 55.3 Å². The van der Waals surface area contributed by atoms with Gasteiger partial charge in [-0.2, -0.15) is 4.98 Å². The van der Waals surface area contributed by atoms with Crippen molar-refractivity contribution >= 4 is 67.4 Å². The van der Waals surface area contributed by atoms with Gasteiger partial charge in [-0.3, -0.25) is 9.59 Å². The van der Waals surface area contributed by atoms with Crippen molar-refractivity contribution in [3.8, 4) is 5.75 Å². The summed E-state index contributed by atoms with van der Waals surface area (Å²) in [7, 11) is -3.56.